The largest absolute Gasteiger partial charge is 0.508 e. The van der Waals surface area contributed by atoms with E-state index in [2.05, 4.69) is 41.3 Å². The zero-order valence-electron chi connectivity index (χ0n) is 13.6. The molecule has 2 aliphatic rings. The Hall–Kier alpha value is -1.10. The number of hydrogen-bond acceptors (Lipinski definition) is 4. The Morgan fingerprint density at radius 3 is 2.76 bits per heavy atom. The van der Waals surface area contributed by atoms with Gasteiger partial charge >= 0.3 is 0 Å². The Balaban J connectivity index is 1.75. The number of fused-ring (bicyclic) bond motifs is 1. The molecule has 3 atom stereocenters. The zero-order chi connectivity index (χ0) is 15.2. The predicted molar refractivity (Wildman–Crippen MR) is 84.9 cm³/mol. The highest BCUT2D eigenvalue weighted by Gasteiger charge is 2.53. The van der Waals surface area contributed by atoms with E-state index in [1.807, 2.05) is 20.0 Å². The average molecular weight is 289 g/mol. The molecule has 0 aromatic heterocycles. The van der Waals surface area contributed by atoms with E-state index in [4.69, 9.17) is 0 Å². The summed E-state index contributed by atoms with van der Waals surface area (Å²) in [6.45, 7) is 10.9. The van der Waals surface area contributed by atoms with Gasteiger partial charge in [-0.1, -0.05) is 19.1 Å². The van der Waals surface area contributed by atoms with Crippen LogP contribution in [0.3, 0.4) is 0 Å². The number of phenolic OH excluding ortho intramolecular Hbond substituents is 1. The average Bonchev–Trinajstić information content (AvgIpc) is 2.87. The molecule has 0 radical (unpaired) electrons. The van der Waals surface area contributed by atoms with Gasteiger partial charge in [-0.15, -0.1) is 0 Å². The van der Waals surface area contributed by atoms with Gasteiger partial charge in [-0.25, -0.2) is 5.01 Å². The molecular formula is C17H27N3O. The van der Waals surface area contributed by atoms with Crippen LogP contribution in [0.1, 0.15) is 25.0 Å². The van der Waals surface area contributed by atoms with Crippen LogP contribution in [0.5, 0.6) is 5.75 Å². The highest BCUT2D eigenvalue weighted by atomic mass is 16.3. The van der Waals surface area contributed by atoms with Crippen molar-refractivity contribution < 1.29 is 5.11 Å². The van der Waals surface area contributed by atoms with Crippen LogP contribution in [-0.4, -0.2) is 47.7 Å². The van der Waals surface area contributed by atoms with Crippen molar-refractivity contribution in [2.75, 3.05) is 26.7 Å². The molecule has 2 aliphatic heterocycles. The summed E-state index contributed by atoms with van der Waals surface area (Å²) in [5.74, 6) is 1.13. The molecule has 0 amide bonds. The van der Waals surface area contributed by atoms with Gasteiger partial charge in [0.25, 0.3) is 0 Å². The summed E-state index contributed by atoms with van der Waals surface area (Å²) in [5.41, 5.74) is 5.78. The SMILES string of the molecule is CNN1C[C@H]2CN(Cc3ccc(C)cc3O)[C@H](C)[C@@]2(C)C1. The number of hydrazine groups is 1. The fourth-order valence-electron chi connectivity index (χ4n) is 4.08. The molecule has 1 aromatic carbocycles. The molecular weight excluding hydrogens is 262 g/mol. The van der Waals surface area contributed by atoms with Crippen molar-refractivity contribution in [1.82, 2.24) is 15.3 Å². The van der Waals surface area contributed by atoms with Crippen molar-refractivity contribution in [3.63, 3.8) is 0 Å². The summed E-state index contributed by atoms with van der Waals surface area (Å²) >= 11 is 0. The molecule has 0 saturated carbocycles. The minimum absolute atomic E-state index is 0.337. The molecule has 0 bridgehead atoms. The first-order valence-corrected chi connectivity index (χ1v) is 7.89. The quantitative estimate of drug-likeness (QED) is 0.892. The second kappa shape index (κ2) is 5.27. The Labute approximate surface area is 127 Å². The molecule has 4 heteroatoms. The van der Waals surface area contributed by atoms with Crippen LogP contribution >= 0.6 is 0 Å². The number of phenols is 1. The maximum Gasteiger partial charge on any atom is 0.120 e. The van der Waals surface area contributed by atoms with E-state index in [0.29, 0.717) is 23.1 Å². The summed E-state index contributed by atoms with van der Waals surface area (Å²) in [5, 5.41) is 12.5. The van der Waals surface area contributed by atoms with Crippen molar-refractivity contribution in [2.24, 2.45) is 11.3 Å². The van der Waals surface area contributed by atoms with E-state index in [9.17, 15) is 5.11 Å². The van der Waals surface area contributed by atoms with Crippen LogP contribution in [0.2, 0.25) is 0 Å². The van der Waals surface area contributed by atoms with Crippen LogP contribution in [-0.2, 0) is 6.54 Å². The monoisotopic (exact) mass is 289 g/mol. The smallest absolute Gasteiger partial charge is 0.120 e. The lowest BCUT2D eigenvalue weighted by Crippen LogP contribution is -2.42. The molecule has 116 valence electrons. The van der Waals surface area contributed by atoms with Crippen molar-refractivity contribution in [3.05, 3.63) is 29.3 Å². The van der Waals surface area contributed by atoms with Gasteiger partial charge in [-0.2, -0.15) is 0 Å². The lowest BCUT2D eigenvalue weighted by atomic mass is 9.78. The number of rotatable bonds is 3. The minimum atomic E-state index is 0.337. The molecule has 2 fully saturated rings. The fourth-order valence-corrected chi connectivity index (χ4v) is 4.08. The van der Waals surface area contributed by atoms with Crippen LogP contribution < -0.4 is 5.43 Å². The van der Waals surface area contributed by atoms with E-state index in [0.717, 1.165) is 37.3 Å². The Morgan fingerprint density at radius 2 is 2.14 bits per heavy atom. The van der Waals surface area contributed by atoms with Gasteiger partial charge in [-0.05, 0) is 38.4 Å². The van der Waals surface area contributed by atoms with Crippen LogP contribution in [0, 0.1) is 18.3 Å². The third-order valence-electron chi connectivity index (χ3n) is 5.79. The van der Waals surface area contributed by atoms with Gasteiger partial charge in [0.1, 0.15) is 5.75 Å². The summed E-state index contributed by atoms with van der Waals surface area (Å²) < 4.78 is 0. The number of aromatic hydroxyl groups is 1. The van der Waals surface area contributed by atoms with Gasteiger partial charge in [-0.3, -0.25) is 10.3 Å². The van der Waals surface area contributed by atoms with E-state index >= 15 is 0 Å². The maximum atomic E-state index is 10.1. The summed E-state index contributed by atoms with van der Waals surface area (Å²) in [7, 11) is 2.01. The first-order chi connectivity index (χ1) is 9.94. The number of hydrogen-bond donors (Lipinski definition) is 2. The van der Waals surface area contributed by atoms with Gasteiger partial charge in [0.05, 0.1) is 0 Å². The van der Waals surface area contributed by atoms with Gasteiger partial charge in [0.15, 0.2) is 0 Å². The van der Waals surface area contributed by atoms with Crippen molar-refractivity contribution >= 4 is 0 Å². The maximum absolute atomic E-state index is 10.1. The Kier molecular flexibility index (Phi) is 3.72. The topological polar surface area (TPSA) is 38.7 Å². The van der Waals surface area contributed by atoms with E-state index in [-0.39, 0.29) is 0 Å². The van der Waals surface area contributed by atoms with Crippen LogP contribution in [0.15, 0.2) is 18.2 Å². The van der Waals surface area contributed by atoms with E-state index in [1.165, 1.54) is 0 Å². The number of aryl methyl sites for hydroxylation is 1. The molecule has 0 spiro atoms. The number of benzene rings is 1. The molecule has 21 heavy (non-hydrogen) atoms. The predicted octanol–water partition coefficient (Wildman–Crippen LogP) is 1.98. The first-order valence-electron chi connectivity index (χ1n) is 7.89. The fraction of sp³-hybridized carbons (Fsp3) is 0.647. The summed E-state index contributed by atoms with van der Waals surface area (Å²) in [6, 6.07) is 6.54. The Bertz CT molecular complexity index is 533. The third-order valence-corrected chi connectivity index (χ3v) is 5.79. The Morgan fingerprint density at radius 1 is 1.38 bits per heavy atom. The second-order valence-corrected chi connectivity index (χ2v) is 7.04. The molecule has 2 heterocycles. The molecule has 0 unspecified atom stereocenters. The summed E-state index contributed by atoms with van der Waals surface area (Å²) in [4.78, 5) is 2.53. The lowest BCUT2D eigenvalue weighted by molar-refractivity contribution is 0.137. The first kappa shape index (κ1) is 14.8. The molecule has 2 N–H and O–H groups in total. The normalized spacial score (nSPS) is 33.5. The number of nitrogens with zero attached hydrogens (tertiary/aromatic N) is 2. The molecule has 4 nitrogen and oxygen atoms in total. The number of nitrogens with one attached hydrogen (secondary N) is 1. The standard InChI is InChI=1S/C17H27N3O/c1-12-5-6-14(16(21)7-12)8-19-9-15-10-20(18-4)11-17(15,3)13(19)2/h5-7,13,15,18,21H,8-11H2,1-4H3/t13-,15-,17-/m1/s1. The summed E-state index contributed by atoms with van der Waals surface area (Å²) in [6.07, 6.45) is 0. The van der Waals surface area contributed by atoms with E-state index < -0.39 is 0 Å². The molecule has 1 aromatic rings. The molecule has 3 rings (SSSR count). The minimum Gasteiger partial charge on any atom is -0.508 e. The van der Waals surface area contributed by atoms with Gasteiger partial charge < -0.3 is 5.11 Å². The van der Waals surface area contributed by atoms with Crippen molar-refractivity contribution in [1.29, 1.82) is 0 Å². The lowest BCUT2D eigenvalue weighted by Gasteiger charge is -2.33. The highest BCUT2D eigenvalue weighted by molar-refractivity contribution is 5.36. The van der Waals surface area contributed by atoms with Crippen molar-refractivity contribution in [3.8, 4) is 5.75 Å². The molecule has 0 aliphatic carbocycles. The van der Waals surface area contributed by atoms with Gasteiger partial charge in [0, 0.05) is 43.2 Å². The van der Waals surface area contributed by atoms with Crippen LogP contribution in [0.4, 0.5) is 0 Å². The zero-order valence-corrected chi connectivity index (χ0v) is 13.6. The second-order valence-electron chi connectivity index (χ2n) is 7.04. The van der Waals surface area contributed by atoms with Gasteiger partial charge in [0.2, 0.25) is 0 Å². The van der Waals surface area contributed by atoms with Crippen LogP contribution in [0.25, 0.3) is 0 Å². The number of likely N-dealkylation sites (tertiary alicyclic amines) is 1. The highest BCUT2D eigenvalue weighted by Crippen LogP contribution is 2.46. The molecule has 2 saturated heterocycles. The third kappa shape index (κ3) is 2.45. The van der Waals surface area contributed by atoms with E-state index in [1.54, 1.807) is 0 Å². The van der Waals surface area contributed by atoms with Crippen molar-refractivity contribution in [2.45, 2.75) is 33.4 Å².